The standard InChI is InChI=1S/C20H26N2O2/c1-2-21-13-15(12-18(21)23)19(24)22-14-17-10-6-7-11-20(17,22)16-8-4-3-5-9-16/h3-5,8-9,15,17H,2,6-7,10-14H2,1H3. The second kappa shape index (κ2) is 5.91. The molecule has 4 nitrogen and oxygen atoms in total. The first-order chi connectivity index (χ1) is 11.7. The third-order valence-corrected chi connectivity index (χ3v) is 6.41. The van der Waals surface area contributed by atoms with E-state index in [4.69, 9.17) is 0 Å². The second-order valence-corrected chi connectivity index (χ2v) is 7.52. The first-order valence-corrected chi connectivity index (χ1v) is 9.31. The Morgan fingerprint density at radius 3 is 2.67 bits per heavy atom. The highest BCUT2D eigenvalue weighted by atomic mass is 16.2. The Morgan fingerprint density at radius 2 is 2.00 bits per heavy atom. The zero-order valence-electron chi connectivity index (χ0n) is 14.4. The van der Waals surface area contributed by atoms with Crippen LogP contribution in [-0.2, 0) is 15.1 Å². The third-order valence-electron chi connectivity index (χ3n) is 6.41. The van der Waals surface area contributed by atoms with Crippen LogP contribution in [-0.4, -0.2) is 41.2 Å². The summed E-state index contributed by atoms with van der Waals surface area (Å²) in [5.74, 6) is 0.754. The molecule has 3 unspecified atom stereocenters. The number of carbonyl (C=O) groups is 2. The summed E-state index contributed by atoms with van der Waals surface area (Å²) in [4.78, 5) is 29.2. The number of hydrogen-bond acceptors (Lipinski definition) is 2. The van der Waals surface area contributed by atoms with Crippen molar-refractivity contribution >= 4 is 11.8 Å². The van der Waals surface area contributed by atoms with Crippen molar-refractivity contribution in [1.82, 2.24) is 9.80 Å². The molecule has 4 heteroatoms. The van der Waals surface area contributed by atoms with Crippen LogP contribution in [0.1, 0.15) is 44.6 Å². The number of hydrogen-bond donors (Lipinski definition) is 0. The maximum atomic E-state index is 13.2. The van der Waals surface area contributed by atoms with Gasteiger partial charge in [0.2, 0.25) is 11.8 Å². The molecule has 3 aliphatic rings. The lowest BCUT2D eigenvalue weighted by atomic mass is 9.61. The van der Waals surface area contributed by atoms with Crippen LogP contribution in [0, 0.1) is 11.8 Å². The molecule has 4 rings (SSSR count). The molecule has 2 aliphatic heterocycles. The molecular formula is C20H26N2O2. The minimum absolute atomic E-state index is 0.112. The molecular weight excluding hydrogens is 300 g/mol. The van der Waals surface area contributed by atoms with Crippen molar-refractivity contribution in [2.75, 3.05) is 19.6 Å². The van der Waals surface area contributed by atoms with Crippen LogP contribution in [0.25, 0.3) is 0 Å². The van der Waals surface area contributed by atoms with Crippen molar-refractivity contribution in [2.24, 2.45) is 11.8 Å². The van der Waals surface area contributed by atoms with Gasteiger partial charge in [0.05, 0.1) is 11.5 Å². The van der Waals surface area contributed by atoms with Crippen LogP contribution < -0.4 is 0 Å². The smallest absolute Gasteiger partial charge is 0.228 e. The van der Waals surface area contributed by atoms with Crippen LogP contribution >= 0.6 is 0 Å². The molecule has 1 saturated carbocycles. The van der Waals surface area contributed by atoms with Crippen LogP contribution in [0.15, 0.2) is 30.3 Å². The molecule has 3 atom stereocenters. The van der Waals surface area contributed by atoms with Gasteiger partial charge in [-0.15, -0.1) is 0 Å². The van der Waals surface area contributed by atoms with Gasteiger partial charge in [-0.3, -0.25) is 9.59 Å². The van der Waals surface area contributed by atoms with Gasteiger partial charge in [-0.1, -0.05) is 43.2 Å². The van der Waals surface area contributed by atoms with Crippen LogP contribution in [0.3, 0.4) is 0 Å². The molecule has 2 amide bonds. The summed E-state index contributed by atoms with van der Waals surface area (Å²) in [5, 5.41) is 0. The summed E-state index contributed by atoms with van der Waals surface area (Å²) in [6.45, 7) is 4.15. The average Bonchev–Trinajstić information content (AvgIpc) is 2.98. The molecule has 2 saturated heterocycles. The van der Waals surface area contributed by atoms with Gasteiger partial charge in [-0.25, -0.2) is 0 Å². The number of benzene rings is 1. The van der Waals surface area contributed by atoms with E-state index < -0.39 is 0 Å². The van der Waals surface area contributed by atoms with Gasteiger partial charge in [-0.05, 0) is 25.3 Å². The first-order valence-electron chi connectivity index (χ1n) is 9.31. The van der Waals surface area contributed by atoms with Gasteiger partial charge < -0.3 is 9.80 Å². The van der Waals surface area contributed by atoms with Gasteiger partial charge in [0.1, 0.15) is 0 Å². The largest absolute Gasteiger partial charge is 0.342 e. The number of rotatable bonds is 3. The zero-order valence-corrected chi connectivity index (χ0v) is 14.4. The summed E-state index contributed by atoms with van der Waals surface area (Å²) in [6.07, 6.45) is 5.11. The van der Waals surface area contributed by atoms with Crippen molar-refractivity contribution in [3.05, 3.63) is 35.9 Å². The van der Waals surface area contributed by atoms with E-state index in [1.807, 2.05) is 17.9 Å². The molecule has 3 fully saturated rings. The molecule has 1 aromatic rings. The number of amides is 2. The summed E-state index contributed by atoms with van der Waals surface area (Å²) in [5.41, 5.74) is 1.17. The number of nitrogens with zero attached hydrogens (tertiary/aromatic N) is 2. The van der Waals surface area contributed by atoms with Gasteiger partial charge >= 0.3 is 0 Å². The highest BCUT2D eigenvalue weighted by Crippen LogP contribution is 2.54. The van der Waals surface area contributed by atoms with Crippen molar-refractivity contribution in [2.45, 2.75) is 44.6 Å². The molecule has 2 heterocycles. The van der Waals surface area contributed by atoms with Crippen molar-refractivity contribution < 1.29 is 9.59 Å². The van der Waals surface area contributed by atoms with Gasteiger partial charge in [-0.2, -0.15) is 0 Å². The fourth-order valence-corrected chi connectivity index (χ4v) is 5.11. The fraction of sp³-hybridized carbons (Fsp3) is 0.600. The fourth-order valence-electron chi connectivity index (χ4n) is 5.11. The first kappa shape index (κ1) is 15.7. The molecule has 1 aliphatic carbocycles. The lowest BCUT2D eigenvalue weighted by Crippen LogP contribution is -2.68. The van der Waals surface area contributed by atoms with E-state index >= 15 is 0 Å². The summed E-state index contributed by atoms with van der Waals surface area (Å²) in [6, 6.07) is 10.5. The number of likely N-dealkylation sites (tertiary alicyclic amines) is 2. The Labute approximate surface area is 143 Å². The molecule has 24 heavy (non-hydrogen) atoms. The van der Waals surface area contributed by atoms with E-state index in [2.05, 4.69) is 29.2 Å². The summed E-state index contributed by atoms with van der Waals surface area (Å²) in [7, 11) is 0. The molecule has 1 aromatic carbocycles. The van der Waals surface area contributed by atoms with E-state index in [9.17, 15) is 9.59 Å². The monoisotopic (exact) mass is 326 g/mol. The molecule has 0 aromatic heterocycles. The highest BCUT2D eigenvalue weighted by molar-refractivity contribution is 5.90. The van der Waals surface area contributed by atoms with Crippen LogP contribution in [0.2, 0.25) is 0 Å². The van der Waals surface area contributed by atoms with E-state index in [0.29, 0.717) is 25.4 Å². The Morgan fingerprint density at radius 1 is 1.21 bits per heavy atom. The molecule has 0 N–H and O–H groups in total. The number of fused-ring (bicyclic) bond motifs is 1. The molecule has 0 radical (unpaired) electrons. The second-order valence-electron chi connectivity index (χ2n) is 7.52. The predicted octanol–water partition coefficient (Wildman–Crippen LogP) is 2.78. The molecule has 128 valence electrons. The summed E-state index contributed by atoms with van der Waals surface area (Å²) >= 11 is 0. The Hall–Kier alpha value is -1.84. The zero-order chi connectivity index (χ0) is 16.7. The van der Waals surface area contributed by atoms with Gasteiger partial charge in [0, 0.05) is 32.0 Å². The lowest BCUT2D eigenvalue weighted by molar-refractivity contribution is -0.171. The van der Waals surface area contributed by atoms with Gasteiger partial charge in [0.25, 0.3) is 0 Å². The minimum atomic E-state index is -0.152. The Bertz CT molecular complexity index is 644. The minimum Gasteiger partial charge on any atom is -0.342 e. The van der Waals surface area contributed by atoms with Crippen LogP contribution in [0.4, 0.5) is 0 Å². The van der Waals surface area contributed by atoms with E-state index in [0.717, 1.165) is 13.0 Å². The highest BCUT2D eigenvalue weighted by Gasteiger charge is 2.58. The van der Waals surface area contributed by atoms with Crippen molar-refractivity contribution in [3.63, 3.8) is 0 Å². The van der Waals surface area contributed by atoms with Crippen LogP contribution in [0.5, 0.6) is 0 Å². The topological polar surface area (TPSA) is 40.6 Å². The number of carbonyl (C=O) groups excluding carboxylic acids is 2. The lowest BCUT2D eigenvalue weighted by Gasteiger charge is -2.62. The molecule has 0 bridgehead atoms. The SMILES string of the molecule is CCN1CC(C(=O)N2CC3CCCCC32c2ccccc2)CC1=O. The normalized spacial score (nSPS) is 32.5. The van der Waals surface area contributed by atoms with E-state index in [1.165, 1.54) is 24.8 Å². The third kappa shape index (κ3) is 2.19. The predicted molar refractivity (Wildman–Crippen MR) is 92.2 cm³/mol. The average molecular weight is 326 g/mol. The van der Waals surface area contributed by atoms with Gasteiger partial charge in [0.15, 0.2) is 0 Å². The van der Waals surface area contributed by atoms with E-state index in [1.54, 1.807) is 0 Å². The summed E-state index contributed by atoms with van der Waals surface area (Å²) < 4.78 is 0. The maximum Gasteiger partial charge on any atom is 0.228 e. The van der Waals surface area contributed by atoms with Crippen molar-refractivity contribution in [1.29, 1.82) is 0 Å². The Kier molecular flexibility index (Phi) is 3.86. The van der Waals surface area contributed by atoms with Crippen molar-refractivity contribution in [3.8, 4) is 0 Å². The van der Waals surface area contributed by atoms with E-state index in [-0.39, 0.29) is 23.3 Å². The maximum absolute atomic E-state index is 13.2. The molecule has 0 spiro atoms. The Balaban J connectivity index is 1.61. The quantitative estimate of drug-likeness (QED) is 0.857.